The molecule has 2 aromatic carbocycles. The molecule has 1 amide bonds. The van der Waals surface area contributed by atoms with Crippen LogP contribution in [0.25, 0.3) is 0 Å². The number of hydrogen-bond acceptors (Lipinski definition) is 2. The summed E-state index contributed by atoms with van der Waals surface area (Å²) in [5, 5.41) is 9.47. The Labute approximate surface area is 158 Å². The zero-order chi connectivity index (χ0) is 19.6. The minimum absolute atomic E-state index is 0.0115. The molecule has 144 valence electrons. The molecule has 0 unspecified atom stereocenters. The van der Waals surface area contributed by atoms with Crippen LogP contribution < -0.4 is 0 Å². The molecule has 1 N–H and O–H groups in total. The molecule has 0 aliphatic carbocycles. The molecule has 4 nitrogen and oxygen atoms in total. The monoisotopic (exact) mass is 374 g/mol. The molecule has 1 fully saturated rings. The SMILES string of the molecule is CC[C@@H]1CN(C(=O)O)[C@@H](C)CN1C(c1ccc(F)cc1)c1ccc(F)cc1. The summed E-state index contributed by atoms with van der Waals surface area (Å²) < 4.78 is 26.9. The lowest BCUT2D eigenvalue weighted by Crippen LogP contribution is -2.59. The van der Waals surface area contributed by atoms with Crippen molar-refractivity contribution < 1.29 is 18.7 Å². The summed E-state index contributed by atoms with van der Waals surface area (Å²) >= 11 is 0. The molecule has 0 aromatic heterocycles. The number of carboxylic acid groups (broad SMARTS) is 1. The van der Waals surface area contributed by atoms with Crippen molar-refractivity contribution in [2.24, 2.45) is 0 Å². The van der Waals surface area contributed by atoms with E-state index in [0.29, 0.717) is 13.1 Å². The summed E-state index contributed by atoms with van der Waals surface area (Å²) in [4.78, 5) is 15.3. The largest absolute Gasteiger partial charge is 0.465 e. The van der Waals surface area contributed by atoms with Gasteiger partial charge in [-0.15, -0.1) is 0 Å². The van der Waals surface area contributed by atoms with E-state index >= 15 is 0 Å². The smallest absolute Gasteiger partial charge is 0.407 e. The van der Waals surface area contributed by atoms with Crippen LogP contribution in [0.1, 0.15) is 37.4 Å². The summed E-state index contributed by atoms with van der Waals surface area (Å²) in [6, 6.07) is 12.3. The third-order valence-electron chi connectivity index (χ3n) is 5.30. The van der Waals surface area contributed by atoms with Crippen molar-refractivity contribution in [1.82, 2.24) is 9.80 Å². The van der Waals surface area contributed by atoms with E-state index in [2.05, 4.69) is 4.90 Å². The van der Waals surface area contributed by atoms with Gasteiger partial charge in [-0.25, -0.2) is 13.6 Å². The van der Waals surface area contributed by atoms with Crippen LogP contribution in [0.3, 0.4) is 0 Å². The molecule has 1 saturated heterocycles. The molecule has 2 aromatic rings. The number of carbonyl (C=O) groups is 1. The summed E-state index contributed by atoms with van der Waals surface area (Å²) in [5.74, 6) is -0.625. The summed E-state index contributed by atoms with van der Waals surface area (Å²) in [6.45, 7) is 4.87. The fourth-order valence-electron chi connectivity index (χ4n) is 3.88. The van der Waals surface area contributed by atoms with Crippen LogP contribution >= 0.6 is 0 Å². The number of nitrogens with zero attached hydrogens (tertiary/aromatic N) is 2. The second-order valence-electron chi connectivity index (χ2n) is 7.05. The molecular weight excluding hydrogens is 350 g/mol. The highest BCUT2D eigenvalue weighted by atomic mass is 19.1. The lowest BCUT2D eigenvalue weighted by Gasteiger charge is -2.47. The third kappa shape index (κ3) is 4.11. The van der Waals surface area contributed by atoms with Crippen molar-refractivity contribution >= 4 is 6.09 Å². The van der Waals surface area contributed by atoms with Gasteiger partial charge in [-0.05, 0) is 48.7 Å². The van der Waals surface area contributed by atoms with Gasteiger partial charge in [0.1, 0.15) is 11.6 Å². The van der Waals surface area contributed by atoms with Crippen molar-refractivity contribution in [3.63, 3.8) is 0 Å². The van der Waals surface area contributed by atoms with Gasteiger partial charge in [0, 0.05) is 25.2 Å². The van der Waals surface area contributed by atoms with Crippen molar-refractivity contribution in [2.75, 3.05) is 13.1 Å². The van der Waals surface area contributed by atoms with Gasteiger partial charge < -0.3 is 10.0 Å². The minimum atomic E-state index is -0.916. The molecular formula is C21H24F2N2O2. The molecule has 2 atom stereocenters. The molecule has 1 aliphatic rings. The van der Waals surface area contributed by atoms with Crippen LogP contribution in [0, 0.1) is 11.6 Å². The Morgan fingerprint density at radius 3 is 1.93 bits per heavy atom. The Bertz CT molecular complexity index is 734. The molecule has 27 heavy (non-hydrogen) atoms. The van der Waals surface area contributed by atoms with E-state index in [1.165, 1.54) is 29.2 Å². The normalized spacial score (nSPS) is 20.9. The van der Waals surface area contributed by atoms with Gasteiger partial charge in [0.2, 0.25) is 0 Å². The number of piperazine rings is 1. The molecule has 0 bridgehead atoms. The topological polar surface area (TPSA) is 43.8 Å². The zero-order valence-electron chi connectivity index (χ0n) is 15.5. The number of hydrogen-bond donors (Lipinski definition) is 1. The Balaban J connectivity index is 2.02. The molecule has 0 saturated carbocycles. The Hall–Kier alpha value is -2.47. The maximum absolute atomic E-state index is 13.5. The lowest BCUT2D eigenvalue weighted by atomic mass is 9.92. The quantitative estimate of drug-likeness (QED) is 0.856. The standard InChI is InChI=1S/C21H24F2N2O2/c1-3-19-13-24(21(26)27)14(2)12-25(19)20(15-4-8-17(22)9-5-15)16-6-10-18(23)11-7-16/h4-11,14,19-20H,3,12-13H2,1-2H3,(H,26,27)/t14-,19+/m0/s1. The van der Waals surface area contributed by atoms with E-state index in [0.717, 1.165) is 17.5 Å². The first-order chi connectivity index (χ1) is 12.9. The van der Waals surface area contributed by atoms with Gasteiger partial charge in [0.15, 0.2) is 0 Å². The van der Waals surface area contributed by atoms with Gasteiger partial charge in [-0.1, -0.05) is 31.2 Å². The van der Waals surface area contributed by atoms with Crippen molar-refractivity contribution in [3.8, 4) is 0 Å². The van der Waals surface area contributed by atoms with Crippen LogP contribution in [0.5, 0.6) is 0 Å². The predicted molar refractivity (Wildman–Crippen MR) is 99.6 cm³/mol. The van der Waals surface area contributed by atoms with Crippen molar-refractivity contribution in [1.29, 1.82) is 0 Å². The van der Waals surface area contributed by atoms with E-state index in [4.69, 9.17) is 0 Å². The van der Waals surface area contributed by atoms with Gasteiger partial charge in [0.25, 0.3) is 0 Å². The Kier molecular flexibility index (Phi) is 5.75. The second kappa shape index (κ2) is 8.05. The maximum atomic E-state index is 13.5. The van der Waals surface area contributed by atoms with E-state index in [-0.39, 0.29) is 29.8 Å². The van der Waals surface area contributed by atoms with E-state index in [1.807, 2.05) is 13.8 Å². The first-order valence-electron chi connectivity index (χ1n) is 9.17. The van der Waals surface area contributed by atoms with E-state index in [9.17, 15) is 18.7 Å². The van der Waals surface area contributed by atoms with Gasteiger partial charge >= 0.3 is 6.09 Å². The van der Waals surface area contributed by atoms with Gasteiger partial charge in [-0.3, -0.25) is 4.90 Å². The number of benzene rings is 2. The van der Waals surface area contributed by atoms with E-state index in [1.54, 1.807) is 24.3 Å². The lowest BCUT2D eigenvalue weighted by molar-refractivity contribution is 0.0199. The van der Waals surface area contributed by atoms with Gasteiger partial charge in [-0.2, -0.15) is 0 Å². The minimum Gasteiger partial charge on any atom is -0.465 e. The summed E-state index contributed by atoms with van der Waals surface area (Å²) in [6.07, 6.45) is -0.143. The van der Waals surface area contributed by atoms with Crippen molar-refractivity contribution in [2.45, 2.75) is 38.4 Å². The van der Waals surface area contributed by atoms with Crippen LogP contribution in [-0.2, 0) is 0 Å². The third-order valence-corrected chi connectivity index (χ3v) is 5.30. The van der Waals surface area contributed by atoms with Crippen LogP contribution in [0.2, 0.25) is 0 Å². The number of amides is 1. The molecule has 0 radical (unpaired) electrons. The van der Waals surface area contributed by atoms with Crippen LogP contribution in [-0.4, -0.2) is 46.2 Å². The Morgan fingerprint density at radius 1 is 1.04 bits per heavy atom. The molecule has 6 heteroatoms. The zero-order valence-corrected chi connectivity index (χ0v) is 15.5. The number of halogens is 2. The molecule has 1 aliphatic heterocycles. The first kappa shape index (κ1) is 19.3. The highest BCUT2D eigenvalue weighted by Crippen LogP contribution is 2.34. The summed E-state index contributed by atoms with van der Waals surface area (Å²) in [7, 11) is 0. The first-order valence-corrected chi connectivity index (χ1v) is 9.17. The van der Waals surface area contributed by atoms with E-state index < -0.39 is 6.09 Å². The highest BCUT2D eigenvalue weighted by molar-refractivity contribution is 5.65. The molecule has 1 heterocycles. The van der Waals surface area contributed by atoms with Gasteiger partial charge in [0.05, 0.1) is 6.04 Å². The average Bonchev–Trinajstić information content (AvgIpc) is 2.65. The summed E-state index contributed by atoms with van der Waals surface area (Å²) in [5.41, 5.74) is 1.80. The fourth-order valence-corrected chi connectivity index (χ4v) is 3.88. The fraction of sp³-hybridized carbons (Fsp3) is 0.381. The van der Waals surface area contributed by atoms with Crippen LogP contribution in [0.15, 0.2) is 48.5 Å². The molecule has 3 rings (SSSR count). The number of rotatable bonds is 4. The predicted octanol–water partition coefficient (Wildman–Crippen LogP) is 4.52. The highest BCUT2D eigenvalue weighted by Gasteiger charge is 2.37. The van der Waals surface area contributed by atoms with Crippen LogP contribution in [0.4, 0.5) is 13.6 Å². The second-order valence-corrected chi connectivity index (χ2v) is 7.05. The van der Waals surface area contributed by atoms with Crippen molar-refractivity contribution in [3.05, 3.63) is 71.3 Å². The molecule has 0 spiro atoms. The average molecular weight is 374 g/mol. The maximum Gasteiger partial charge on any atom is 0.407 e. The Morgan fingerprint density at radius 2 is 1.52 bits per heavy atom.